The van der Waals surface area contributed by atoms with Crippen molar-refractivity contribution in [3.05, 3.63) is 52.4 Å². The van der Waals surface area contributed by atoms with Gasteiger partial charge in [0.1, 0.15) is 5.76 Å². The maximum atomic E-state index is 12.4. The molecule has 1 heterocycles. The van der Waals surface area contributed by atoms with Gasteiger partial charge in [0.2, 0.25) is 5.91 Å². The van der Waals surface area contributed by atoms with Gasteiger partial charge in [-0.1, -0.05) is 29.4 Å². The normalized spacial score (nSPS) is 17.3. The number of nitrogens with one attached hydrogen (secondary N) is 1. The van der Waals surface area contributed by atoms with E-state index in [0.717, 1.165) is 36.3 Å². The molecule has 0 spiro atoms. The molecule has 0 fully saturated rings. The summed E-state index contributed by atoms with van der Waals surface area (Å²) in [6.07, 6.45) is 2.74. The highest BCUT2D eigenvalue weighted by atomic mass is 16.5. The van der Waals surface area contributed by atoms with E-state index in [4.69, 9.17) is 4.52 Å². The van der Waals surface area contributed by atoms with Crippen molar-refractivity contribution in [2.75, 3.05) is 0 Å². The molecule has 1 unspecified atom stereocenters. The van der Waals surface area contributed by atoms with Crippen LogP contribution in [0.1, 0.15) is 34.6 Å². The van der Waals surface area contributed by atoms with Crippen LogP contribution in [0, 0.1) is 19.8 Å². The summed E-state index contributed by atoms with van der Waals surface area (Å²) in [6.45, 7) is 4.27. The largest absolute Gasteiger partial charge is 0.361 e. The highest BCUT2D eigenvalue weighted by molar-refractivity contribution is 5.79. The first-order valence-corrected chi connectivity index (χ1v) is 7.41. The van der Waals surface area contributed by atoms with Crippen molar-refractivity contribution >= 4 is 5.91 Å². The Morgan fingerprint density at radius 2 is 2.10 bits per heavy atom. The quantitative estimate of drug-likeness (QED) is 0.943. The molecule has 1 N–H and O–H groups in total. The molecule has 1 aliphatic carbocycles. The van der Waals surface area contributed by atoms with Gasteiger partial charge < -0.3 is 9.84 Å². The predicted octanol–water partition coefficient (Wildman–Crippen LogP) is 2.71. The van der Waals surface area contributed by atoms with Gasteiger partial charge >= 0.3 is 0 Å². The van der Waals surface area contributed by atoms with Crippen LogP contribution in [0.4, 0.5) is 0 Å². The van der Waals surface area contributed by atoms with Gasteiger partial charge in [0.05, 0.1) is 5.69 Å². The summed E-state index contributed by atoms with van der Waals surface area (Å²) in [5.74, 6) is 0.978. The van der Waals surface area contributed by atoms with Crippen molar-refractivity contribution in [1.82, 2.24) is 10.5 Å². The van der Waals surface area contributed by atoms with Gasteiger partial charge in [-0.15, -0.1) is 0 Å². The van der Waals surface area contributed by atoms with Crippen molar-refractivity contribution in [3.63, 3.8) is 0 Å². The average Bonchev–Trinajstić information content (AvgIpc) is 2.83. The van der Waals surface area contributed by atoms with Gasteiger partial charge in [0.15, 0.2) is 0 Å². The van der Waals surface area contributed by atoms with E-state index in [0.29, 0.717) is 6.54 Å². The van der Waals surface area contributed by atoms with Crippen LogP contribution in [-0.4, -0.2) is 11.1 Å². The molecule has 4 nitrogen and oxygen atoms in total. The number of amides is 1. The molecule has 3 rings (SSSR count). The summed E-state index contributed by atoms with van der Waals surface area (Å²) >= 11 is 0. The van der Waals surface area contributed by atoms with E-state index in [-0.39, 0.29) is 11.8 Å². The van der Waals surface area contributed by atoms with E-state index in [1.807, 2.05) is 19.9 Å². The van der Waals surface area contributed by atoms with Gasteiger partial charge in [-0.25, -0.2) is 0 Å². The maximum absolute atomic E-state index is 12.4. The Bertz CT molecular complexity index is 641. The van der Waals surface area contributed by atoms with Crippen LogP contribution in [0.2, 0.25) is 0 Å². The van der Waals surface area contributed by atoms with Gasteiger partial charge in [-0.05, 0) is 44.2 Å². The fraction of sp³-hybridized carbons (Fsp3) is 0.412. The number of carbonyl (C=O) groups is 1. The highest BCUT2D eigenvalue weighted by Crippen LogP contribution is 2.25. The van der Waals surface area contributed by atoms with Crippen LogP contribution in [0.5, 0.6) is 0 Å². The van der Waals surface area contributed by atoms with Crippen molar-refractivity contribution in [1.29, 1.82) is 0 Å². The number of hydrogen-bond acceptors (Lipinski definition) is 3. The van der Waals surface area contributed by atoms with Crippen LogP contribution in [0.3, 0.4) is 0 Å². The van der Waals surface area contributed by atoms with E-state index < -0.39 is 0 Å². The van der Waals surface area contributed by atoms with Gasteiger partial charge in [0, 0.05) is 18.0 Å². The van der Waals surface area contributed by atoms with Gasteiger partial charge in [-0.2, -0.15) is 0 Å². The molecule has 0 saturated heterocycles. The third-order valence-electron chi connectivity index (χ3n) is 4.34. The number of fused-ring (bicyclic) bond motifs is 1. The third-order valence-corrected chi connectivity index (χ3v) is 4.34. The molecule has 0 bridgehead atoms. The Morgan fingerprint density at radius 3 is 2.81 bits per heavy atom. The number of aryl methyl sites for hydroxylation is 3. The van der Waals surface area contributed by atoms with Crippen molar-refractivity contribution in [3.8, 4) is 0 Å². The van der Waals surface area contributed by atoms with E-state index in [9.17, 15) is 4.79 Å². The molecule has 1 aliphatic rings. The molecule has 0 radical (unpaired) electrons. The van der Waals surface area contributed by atoms with Crippen LogP contribution in [0.15, 0.2) is 28.8 Å². The molecule has 0 aliphatic heterocycles. The Morgan fingerprint density at radius 1 is 1.33 bits per heavy atom. The minimum absolute atomic E-state index is 0.0698. The predicted molar refractivity (Wildman–Crippen MR) is 79.8 cm³/mol. The molecule has 1 amide bonds. The Hall–Kier alpha value is -2.10. The second kappa shape index (κ2) is 5.72. The summed E-state index contributed by atoms with van der Waals surface area (Å²) in [7, 11) is 0. The van der Waals surface area contributed by atoms with Crippen molar-refractivity contribution in [2.24, 2.45) is 5.92 Å². The maximum Gasteiger partial charge on any atom is 0.223 e. The monoisotopic (exact) mass is 284 g/mol. The number of carbonyl (C=O) groups excluding carboxylic acids is 1. The van der Waals surface area contributed by atoms with Gasteiger partial charge in [-0.3, -0.25) is 4.79 Å². The van der Waals surface area contributed by atoms with Gasteiger partial charge in [0.25, 0.3) is 0 Å². The first kappa shape index (κ1) is 13.9. The van der Waals surface area contributed by atoms with E-state index in [1.54, 1.807) is 0 Å². The fourth-order valence-electron chi connectivity index (χ4n) is 3.00. The summed E-state index contributed by atoms with van der Waals surface area (Å²) in [5, 5.41) is 6.94. The third kappa shape index (κ3) is 2.84. The molecular formula is C17H20N2O2. The Kier molecular flexibility index (Phi) is 3.78. The number of aromatic nitrogens is 1. The summed E-state index contributed by atoms with van der Waals surface area (Å²) < 4.78 is 5.12. The van der Waals surface area contributed by atoms with E-state index >= 15 is 0 Å². The smallest absolute Gasteiger partial charge is 0.223 e. The lowest BCUT2D eigenvalue weighted by molar-refractivity contribution is -0.125. The molecular weight excluding hydrogens is 264 g/mol. The van der Waals surface area contributed by atoms with Crippen LogP contribution in [-0.2, 0) is 24.2 Å². The number of benzene rings is 1. The Balaban J connectivity index is 1.62. The van der Waals surface area contributed by atoms with Crippen molar-refractivity contribution < 1.29 is 9.32 Å². The molecule has 1 aromatic carbocycles. The molecule has 21 heavy (non-hydrogen) atoms. The van der Waals surface area contributed by atoms with Crippen molar-refractivity contribution in [2.45, 2.75) is 39.7 Å². The number of hydrogen-bond donors (Lipinski definition) is 1. The first-order valence-electron chi connectivity index (χ1n) is 7.41. The summed E-state index contributed by atoms with van der Waals surface area (Å²) in [5.41, 5.74) is 4.52. The lowest BCUT2D eigenvalue weighted by Gasteiger charge is -2.23. The lowest BCUT2D eigenvalue weighted by atomic mass is 9.83. The zero-order valence-electron chi connectivity index (χ0n) is 12.5. The summed E-state index contributed by atoms with van der Waals surface area (Å²) in [4.78, 5) is 12.4. The highest BCUT2D eigenvalue weighted by Gasteiger charge is 2.24. The zero-order chi connectivity index (χ0) is 14.8. The standard InChI is InChI=1S/C17H20N2O2/c1-11-16(12(2)21-19-11)10-18-17(20)15-8-7-13-5-3-4-6-14(13)9-15/h3-6,15H,7-10H2,1-2H3,(H,18,20). The minimum Gasteiger partial charge on any atom is -0.361 e. The van der Waals surface area contributed by atoms with E-state index in [1.165, 1.54) is 11.1 Å². The SMILES string of the molecule is Cc1noc(C)c1CNC(=O)C1CCc2ccccc2C1. The van der Waals surface area contributed by atoms with E-state index in [2.05, 4.69) is 28.7 Å². The average molecular weight is 284 g/mol. The molecule has 1 aromatic heterocycles. The summed E-state index contributed by atoms with van der Waals surface area (Å²) in [6, 6.07) is 8.40. The van der Waals surface area contributed by atoms with Crippen LogP contribution in [0.25, 0.3) is 0 Å². The number of rotatable bonds is 3. The molecule has 0 saturated carbocycles. The minimum atomic E-state index is 0.0698. The fourth-order valence-corrected chi connectivity index (χ4v) is 3.00. The lowest BCUT2D eigenvalue weighted by Crippen LogP contribution is -2.33. The number of nitrogens with zero attached hydrogens (tertiary/aromatic N) is 1. The second-order valence-corrected chi connectivity index (χ2v) is 5.73. The topological polar surface area (TPSA) is 55.1 Å². The molecule has 2 aromatic rings. The zero-order valence-corrected chi connectivity index (χ0v) is 12.5. The Labute approximate surface area is 124 Å². The molecule has 4 heteroatoms. The first-order chi connectivity index (χ1) is 10.1. The second-order valence-electron chi connectivity index (χ2n) is 5.73. The molecule has 110 valence electrons. The van der Waals surface area contributed by atoms with Crippen LogP contribution < -0.4 is 5.32 Å². The molecule has 1 atom stereocenters. The van der Waals surface area contributed by atoms with Crippen LogP contribution >= 0.6 is 0 Å².